The van der Waals surface area contributed by atoms with Crippen LogP contribution in [0.3, 0.4) is 0 Å². The Balaban J connectivity index is 2.14. The van der Waals surface area contributed by atoms with E-state index in [0.29, 0.717) is 23.3 Å². The van der Waals surface area contributed by atoms with Gasteiger partial charge in [0, 0.05) is 17.0 Å². The van der Waals surface area contributed by atoms with Crippen molar-refractivity contribution >= 4 is 22.8 Å². The first-order valence-corrected chi connectivity index (χ1v) is 8.82. The predicted octanol–water partition coefficient (Wildman–Crippen LogP) is 2.49. The Morgan fingerprint density at radius 2 is 1.96 bits per heavy atom. The molecule has 0 aliphatic carbocycles. The maximum Gasteiger partial charge on any atom is 0.336 e. The lowest BCUT2D eigenvalue weighted by Crippen LogP contribution is -2.47. The number of ether oxygens (including phenoxy) is 2. The minimum absolute atomic E-state index is 0.0685. The molecule has 2 aromatic rings. The van der Waals surface area contributed by atoms with Crippen LogP contribution in [0.4, 0.5) is 0 Å². The Labute approximate surface area is 157 Å². The zero-order valence-electron chi connectivity index (χ0n) is 16.3. The van der Waals surface area contributed by atoms with E-state index in [4.69, 9.17) is 13.9 Å². The topological polar surface area (TPSA) is 94.8 Å². The molecule has 1 aromatic heterocycles. The molecule has 2 atom stereocenters. The molecule has 0 bridgehead atoms. The van der Waals surface area contributed by atoms with Gasteiger partial charge >= 0.3 is 11.6 Å². The fourth-order valence-corrected chi connectivity index (χ4v) is 2.81. The van der Waals surface area contributed by atoms with E-state index in [2.05, 4.69) is 5.32 Å². The van der Waals surface area contributed by atoms with Crippen molar-refractivity contribution in [2.24, 2.45) is 5.92 Å². The Bertz CT molecular complexity index is 901. The normalized spacial score (nSPS) is 13.1. The van der Waals surface area contributed by atoms with Crippen molar-refractivity contribution in [2.75, 3.05) is 13.7 Å². The van der Waals surface area contributed by atoms with Gasteiger partial charge in [-0.1, -0.05) is 20.3 Å². The highest BCUT2D eigenvalue weighted by atomic mass is 16.5. The monoisotopic (exact) mass is 375 g/mol. The Hall–Kier alpha value is -2.83. The molecule has 0 fully saturated rings. The number of nitrogens with one attached hydrogen (secondary N) is 1. The Morgan fingerprint density at radius 1 is 1.26 bits per heavy atom. The molecule has 0 aliphatic heterocycles. The van der Waals surface area contributed by atoms with E-state index in [1.54, 1.807) is 19.1 Å². The predicted molar refractivity (Wildman–Crippen MR) is 101 cm³/mol. The minimum Gasteiger partial charge on any atom is -0.483 e. The van der Waals surface area contributed by atoms with Gasteiger partial charge in [-0.3, -0.25) is 4.79 Å². The molecule has 146 valence electrons. The molecular formula is C20H25NO6. The number of esters is 1. The molecule has 0 saturated carbocycles. The van der Waals surface area contributed by atoms with E-state index in [1.165, 1.54) is 13.2 Å². The number of carbonyl (C=O) groups is 2. The maximum atomic E-state index is 12.2. The molecule has 0 aliphatic rings. The van der Waals surface area contributed by atoms with E-state index in [0.717, 1.165) is 10.9 Å². The van der Waals surface area contributed by atoms with Crippen LogP contribution >= 0.6 is 0 Å². The van der Waals surface area contributed by atoms with Gasteiger partial charge in [0.15, 0.2) is 6.61 Å². The summed E-state index contributed by atoms with van der Waals surface area (Å²) in [6.07, 6.45) is 0.711. The van der Waals surface area contributed by atoms with Crippen LogP contribution in [0.1, 0.15) is 31.4 Å². The largest absolute Gasteiger partial charge is 0.483 e. The third kappa shape index (κ3) is 4.67. The highest BCUT2D eigenvalue weighted by molar-refractivity contribution is 5.86. The second-order valence-electron chi connectivity index (χ2n) is 6.56. The van der Waals surface area contributed by atoms with Crippen LogP contribution in [0.2, 0.25) is 0 Å². The standard InChI is InChI=1S/C20H25NO6/c1-6-11(2)18(20(24)25-5)21-16(22)10-26-15-8-7-14-12(3)9-17(23)27-19(14)13(15)4/h7-9,11,18H,6,10H2,1-5H3,(H,21,22)/t11-,18+/m0/s1. The van der Waals surface area contributed by atoms with E-state index >= 15 is 0 Å². The number of aryl methyl sites for hydroxylation is 2. The van der Waals surface area contributed by atoms with Gasteiger partial charge in [-0.05, 0) is 37.5 Å². The molecule has 0 radical (unpaired) electrons. The average molecular weight is 375 g/mol. The van der Waals surface area contributed by atoms with Crippen molar-refractivity contribution in [1.82, 2.24) is 5.32 Å². The molecule has 1 heterocycles. The highest BCUT2D eigenvalue weighted by Gasteiger charge is 2.26. The van der Waals surface area contributed by atoms with Crippen LogP contribution in [-0.2, 0) is 14.3 Å². The first-order valence-electron chi connectivity index (χ1n) is 8.82. The highest BCUT2D eigenvalue weighted by Crippen LogP contribution is 2.28. The van der Waals surface area contributed by atoms with Crippen LogP contribution in [0, 0.1) is 19.8 Å². The van der Waals surface area contributed by atoms with E-state index < -0.39 is 23.5 Å². The molecule has 0 spiro atoms. The van der Waals surface area contributed by atoms with Crippen molar-refractivity contribution in [2.45, 2.75) is 40.2 Å². The summed E-state index contributed by atoms with van der Waals surface area (Å²) in [5, 5.41) is 3.46. The third-order valence-corrected chi connectivity index (χ3v) is 4.66. The number of rotatable bonds is 7. The number of hydrogen-bond acceptors (Lipinski definition) is 6. The summed E-state index contributed by atoms with van der Waals surface area (Å²) in [5.41, 5.74) is 1.44. The molecule has 1 amide bonds. The summed E-state index contributed by atoms with van der Waals surface area (Å²) in [6.45, 7) is 7.10. The summed E-state index contributed by atoms with van der Waals surface area (Å²) in [7, 11) is 1.29. The summed E-state index contributed by atoms with van der Waals surface area (Å²) in [6, 6.07) is 4.21. The van der Waals surface area contributed by atoms with Crippen LogP contribution in [0.25, 0.3) is 11.0 Å². The quantitative estimate of drug-likeness (QED) is 0.590. The second kappa shape index (κ2) is 8.70. The summed E-state index contributed by atoms with van der Waals surface area (Å²) in [5.74, 6) is -0.557. The average Bonchev–Trinajstić information content (AvgIpc) is 2.64. The molecule has 1 aromatic carbocycles. The molecule has 7 heteroatoms. The minimum atomic E-state index is -0.727. The van der Waals surface area contributed by atoms with Gasteiger partial charge in [-0.25, -0.2) is 9.59 Å². The molecule has 0 unspecified atom stereocenters. The van der Waals surface area contributed by atoms with Gasteiger partial charge in [0.1, 0.15) is 17.4 Å². The van der Waals surface area contributed by atoms with Crippen LogP contribution in [0.5, 0.6) is 5.75 Å². The van der Waals surface area contributed by atoms with Crippen molar-refractivity contribution in [1.29, 1.82) is 0 Å². The zero-order valence-corrected chi connectivity index (χ0v) is 16.3. The van der Waals surface area contributed by atoms with Gasteiger partial charge in [-0.2, -0.15) is 0 Å². The van der Waals surface area contributed by atoms with Gasteiger partial charge in [0.2, 0.25) is 0 Å². The number of methoxy groups -OCH3 is 1. The molecule has 0 saturated heterocycles. The van der Waals surface area contributed by atoms with E-state index in [1.807, 2.05) is 20.8 Å². The lowest BCUT2D eigenvalue weighted by atomic mass is 9.99. The molecular weight excluding hydrogens is 350 g/mol. The number of hydrogen-bond donors (Lipinski definition) is 1. The Morgan fingerprint density at radius 3 is 2.59 bits per heavy atom. The Kier molecular flexibility index (Phi) is 6.60. The first-order chi connectivity index (χ1) is 12.8. The zero-order chi connectivity index (χ0) is 20.1. The fraction of sp³-hybridized carbons (Fsp3) is 0.450. The van der Waals surface area contributed by atoms with Crippen molar-refractivity contribution in [3.8, 4) is 5.75 Å². The van der Waals surface area contributed by atoms with Crippen LogP contribution in [-0.4, -0.2) is 31.6 Å². The number of amides is 1. The number of fused-ring (bicyclic) bond motifs is 1. The van der Waals surface area contributed by atoms with Gasteiger partial charge in [0.05, 0.1) is 7.11 Å². The summed E-state index contributed by atoms with van der Waals surface area (Å²) >= 11 is 0. The van der Waals surface area contributed by atoms with E-state index in [9.17, 15) is 14.4 Å². The number of benzene rings is 1. The first kappa shape index (κ1) is 20.5. The lowest BCUT2D eigenvalue weighted by Gasteiger charge is -2.22. The van der Waals surface area contributed by atoms with Crippen LogP contribution < -0.4 is 15.7 Å². The van der Waals surface area contributed by atoms with Crippen LogP contribution in [0.15, 0.2) is 27.4 Å². The number of carbonyl (C=O) groups excluding carboxylic acids is 2. The molecule has 27 heavy (non-hydrogen) atoms. The SMILES string of the molecule is CC[C@H](C)[C@@H](NC(=O)COc1ccc2c(C)cc(=O)oc2c1C)C(=O)OC. The van der Waals surface area contributed by atoms with Gasteiger partial charge in [-0.15, -0.1) is 0 Å². The van der Waals surface area contributed by atoms with E-state index in [-0.39, 0.29) is 12.5 Å². The van der Waals surface area contributed by atoms with Crippen molar-refractivity contribution in [3.63, 3.8) is 0 Å². The maximum absolute atomic E-state index is 12.2. The van der Waals surface area contributed by atoms with Crippen molar-refractivity contribution in [3.05, 3.63) is 39.7 Å². The fourth-order valence-electron chi connectivity index (χ4n) is 2.81. The second-order valence-corrected chi connectivity index (χ2v) is 6.56. The molecule has 7 nitrogen and oxygen atoms in total. The van der Waals surface area contributed by atoms with Gasteiger partial charge in [0.25, 0.3) is 5.91 Å². The third-order valence-electron chi connectivity index (χ3n) is 4.66. The summed E-state index contributed by atoms with van der Waals surface area (Å²) in [4.78, 5) is 35.7. The molecule has 2 rings (SSSR count). The smallest absolute Gasteiger partial charge is 0.336 e. The summed E-state index contributed by atoms with van der Waals surface area (Å²) < 4.78 is 15.6. The van der Waals surface area contributed by atoms with Crippen molar-refractivity contribution < 1.29 is 23.5 Å². The molecule has 1 N–H and O–H groups in total. The van der Waals surface area contributed by atoms with Gasteiger partial charge < -0.3 is 19.2 Å². The lowest BCUT2D eigenvalue weighted by molar-refractivity contribution is -0.146.